The zero-order valence-electron chi connectivity index (χ0n) is 17.8. The van der Waals surface area contributed by atoms with Crippen LogP contribution < -0.4 is 10.6 Å². The number of hydrogen-bond acceptors (Lipinski definition) is 6. The van der Waals surface area contributed by atoms with Crippen LogP contribution in [-0.2, 0) is 16.1 Å². The van der Waals surface area contributed by atoms with Gasteiger partial charge in [-0.3, -0.25) is 9.69 Å². The lowest BCUT2D eigenvalue weighted by Gasteiger charge is -2.37. The molecule has 2 aromatic rings. The Morgan fingerprint density at radius 2 is 2.10 bits per heavy atom. The van der Waals surface area contributed by atoms with E-state index in [0.717, 1.165) is 19.7 Å². The third-order valence-electron chi connectivity index (χ3n) is 4.93. The van der Waals surface area contributed by atoms with Crippen LogP contribution in [0.25, 0.3) is 0 Å². The van der Waals surface area contributed by atoms with E-state index in [-0.39, 0.29) is 24.6 Å². The number of nitrogens with zero attached hydrogens (tertiary/aromatic N) is 3. The number of ether oxygens (including phenoxy) is 1. The van der Waals surface area contributed by atoms with Gasteiger partial charge < -0.3 is 20.3 Å². The van der Waals surface area contributed by atoms with Gasteiger partial charge in [0.15, 0.2) is 5.96 Å². The van der Waals surface area contributed by atoms with E-state index in [1.165, 1.54) is 9.75 Å². The fraction of sp³-hybridized carbons (Fsp3) is 0.524. The first kappa shape index (κ1) is 22.7. The molecule has 2 atom stereocenters. The summed E-state index contributed by atoms with van der Waals surface area (Å²) in [4.78, 5) is 23.1. The van der Waals surface area contributed by atoms with Crippen LogP contribution in [0.2, 0.25) is 0 Å². The predicted octanol–water partition coefficient (Wildman–Crippen LogP) is 2.40. The lowest BCUT2D eigenvalue weighted by molar-refractivity contribution is -0.127. The van der Waals surface area contributed by atoms with Gasteiger partial charge in [0.1, 0.15) is 6.54 Å². The van der Waals surface area contributed by atoms with Gasteiger partial charge >= 0.3 is 0 Å². The van der Waals surface area contributed by atoms with Crippen molar-refractivity contribution in [3.05, 3.63) is 44.8 Å². The normalized spacial score (nSPS) is 18.8. The molecule has 0 aromatic carbocycles. The molecule has 0 spiro atoms. The molecule has 2 unspecified atom stereocenters. The van der Waals surface area contributed by atoms with E-state index < -0.39 is 0 Å². The number of thiophene rings is 2. The Hall–Kier alpha value is -1.94. The highest BCUT2D eigenvalue weighted by Gasteiger charge is 2.26. The standard InChI is InChI=1S/C21H31N5O2S2/c1-16-15-26(8-9-28-16)18(19-7-5-11-30-19)13-23-21(24-14-20(27)25(2)3)22-12-17-6-4-10-29-17/h4-7,10-11,16,18H,8-9,12-15H2,1-3H3,(H2,22,23,24). The number of carbonyl (C=O) groups excluding carboxylic acids is 1. The zero-order chi connectivity index (χ0) is 21.3. The van der Waals surface area contributed by atoms with E-state index >= 15 is 0 Å². The van der Waals surface area contributed by atoms with Gasteiger partial charge in [-0.25, -0.2) is 4.99 Å². The van der Waals surface area contributed by atoms with Crippen molar-refractivity contribution in [1.29, 1.82) is 0 Å². The highest BCUT2D eigenvalue weighted by molar-refractivity contribution is 7.10. The molecule has 0 radical (unpaired) electrons. The topological polar surface area (TPSA) is 69.2 Å². The molecule has 1 aliphatic heterocycles. The molecule has 30 heavy (non-hydrogen) atoms. The molecule has 1 aliphatic rings. The molecule has 0 aliphatic carbocycles. The smallest absolute Gasteiger partial charge is 0.243 e. The van der Waals surface area contributed by atoms with Crippen LogP contribution in [0.15, 0.2) is 40.0 Å². The minimum Gasteiger partial charge on any atom is -0.376 e. The SMILES string of the molecule is CC1CN(C(CNC(=NCC(=O)N(C)C)NCc2cccs2)c2cccs2)CCO1. The van der Waals surface area contributed by atoms with Gasteiger partial charge in [0.25, 0.3) is 0 Å². The second-order valence-electron chi connectivity index (χ2n) is 7.47. The minimum absolute atomic E-state index is 0.0240. The predicted molar refractivity (Wildman–Crippen MR) is 124 cm³/mol. The van der Waals surface area contributed by atoms with Crippen LogP contribution in [0.1, 0.15) is 22.7 Å². The third-order valence-corrected chi connectivity index (χ3v) is 6.78. The van der Waals surface area contributed by atoms with Crippen molar-refractivity contribution < 1.29 is 9.53 Å². The maximum Gasteiger partial charge on any atom is 0.243 e. The van der Waals surface area contributed by atoms with Crippen molar-refractivity contribution in [2.24, 2.45) is 4.99 Å². The fourth-order valence-corrected chi connectivity index (χ4v) is 4.76. The van der Waals surface area contributed by atoms with Gasteiger partial charge in [0, 0.05) is 43.5 Å². The average Bonchev–Trinajstić information content (AvgIpc) is 3.43. The molecule has 7 nitrogen and oxygen atoms in total. The van der Waals surface area contributed by atoms with Crippen molar-refractivity contribution in [2.45, 2.75) is 25.6 Å². The molecule has 1 fully saturated rings. The summed E-state index contributed by atoms with van der Waals surface area (Å²) < 4.78 is 5.73. The molecule has 1 amide bonds. The number of carbonyl (C=O) groups is 1. The Balaban J connectivity index is 1.68. The second kappa shape index (κ2) is 11.5. The molecule has 9 heteroatoms. The highest BCUT2D eigenvalue weighted by Crippen LogP contribution is 2.26. The van der Waals surface area contributed by atoms with E-state index in [0.29, 0.717) is 19.0 Å². The summed E-state index contributed by atoms with van der Waals surface area (Å²) in [5.74, 6) is 0.630. The summed E-state index contributed by atoms with van der Waals surface area (Å²) in [7, 11) is 3.49. The molecule has 0 bridgehead atoms. The average molecular weight is 450 g/mol. The summed E-state index contributed by atoms with van der Waals surface area (Å²) in [5.41, 5.74) is 0. The number of likely N-dealkylation sites (N-methyl/N-ethyl adjacent to an activating group) is 1. The summed E-state index contributed by atoms with van der Waals surface area (Å²) >= 11 is 3.47. The summed E-state index contributed by atoms with van der Waals surface area (Å²) in [6, 6.07) is 8.63. The van der Waals surface area contributed by atoms with Crippen molar-refractivity contribution in [3.8, 4) is 0 Å². The van der Waals surface area contributed by atoms with Crippen LogP contribution in [-0.4, -0.2) is 74.7 Å². The number of amides is 1. The Morgan fingerprint density at radius 3 is 2.77 bits per heavy atom. The Morgan fingerprint density at radius 1 is 1.30 bits per heavy atom. The number of nitrogens with one attached hydrogen (secondary N) is 2. The molecule has 0 saturated carbocycles. The summed E-state index contributed by atoms with van der Waals surface area (Å²) in [6.07, 6.45) is 0.226. The molecular weight excluding hydrogens is 418 g/mol. The zero-order valence-corrected chi connectivity index (χ0v) is 19.5. The van der Waals surface area contributed by atoms with E-state index in [1.54, 1.807) is 41.7 Å². The van der Waals surface area contributed by atoms with E-state index in [4.69, 9.17) is 4.74 Å². The maximum absolute atomic E-state index is 12.0. The van der Waals surface area contributed by atoms with Crippen LogP contribution in [0.4, 0.5) is 0 Å². The number of aliphatic imine (C=N–C) groups is 1. The first-order chi connectivity index (χ1) is 14.5. The minimum atomic E-state index is -0.0240. The molecule has 2 N–H and O–H groups in total. The number of guanidine groups is 1. The third kappa shape index (κ3) is 6.80. The molecular formula is C21H31N5O2S2. The number of hydrogen-bond donors (Lipinski definition) is 2. The van der Waals surface area contributed by atoms with E-state index in [9.17, 15) is 4.79 Å². The first-order valence-corrected chi connectivity index (χ1v) is 11.9. The lowest BCUT2D eigenvalue weighted by atomic mass is 10.1. The van der Waals surface area contributed by atoms with Gasteiger partial charge in [0.05, 0.1) is 25.3 Å². The largest absolute Gasteiger partial charge is 0.376 e. The number of morpholine rings is 1. The van der Waals surface area contributed by atoms with Crippen molar-refractivity contribution >= 4 is 34.5 Å². The fourth-order valence-electron chi connectivity index (χ4n) is 3.26. The monoisotopic (exact) mass is 449 g/mol. The van der Waals surface area contributed by atoms with Crippen molar-refractivity contribution in [1.82, 2.24) is 20.4 Å². The molecule has 1 saturated heterocycles. The Labute approximate surface area is 186 Å². The second-order valence-corrected chi connectivity index (χ2v) is 9.49. The molecule has 3 rings (SSSR count). The highest BCUT2D eigenvalue weighted by atomic mass is 32.1. The quantitative estimate of drug-likeness (QED) is 0.478. The van der Waals surface area contributed by atoms with Gasteiger partial charge in [0.2, 0.25) is 5.91 Å². The molecule has 3 heterocycles. The van der Waals surface area contributed by atoms with Crippen LogP contribution in [0.3, 0.4) is 0 Å². The van der Waals surface area contributed by atoms with Gasteiger partial charge in [-0.2, -0.15) is 0 Å². The van der Waals surface area contributed by atoms with Crippen molar-refractivity contribution in [3.63, 3.8) is 0 Å². The maximum atomic E-state index is 12.0. The van der Waals surface area contributed by atoms with Crippen LogP contribution >= 0.6 is 22.7 Å². The number of rotatable bonds is 8. The first-order valence-electron chi connectivity index (χ1n) is 10.2. The van der Waals surface area contributed by atoms with Crippen molar-refractivity contribution in [2.75, 3.05) is 46.9 Å². The van der Waals surface area contributed by atoms with Crippen LogP contribution in [0, 0.1) is 0 Å². The summed E-state index contributed by atoms with van der Waals surface area (Å²) in [6.45, 7) is 6.18. The Kier molecular flexibility index (Phi) is 8.68. The lowest BCUT2D eigenvalue weighted by Crippen LogP contribution is -2.48. The van der Waals surface area contributed by atoms with E-state index in [1.807, 2.05) is 6.07 Å². The molecule has 2 aromatic heterocycles. The van der Waals surface area contributed by atoms with E-state index in [2.05, 4.69) is 56.4 Å². The Bertz CT molecular complexity index is 792. The van der Waals surface area contributed by atoms with Crippen LogP contribution in [0.5, 0.6) is 0 Å². The van der Waals surface area contributed by atoms with Gasteiger partial charge in [-0.05, 0) is 29.8 Å². The van der Waals surface area contributed by atoms with Gasteiger partial charge in [-0.1, -0.05) is 12.1 Å². The van der Waals surface area contributed by atoms with Gasteiger partial charge in [-0.15, -0.1) is 22.7 Å². The molecule has 164 valence electrons. The summed E-state index contributed by atoms with van der Waals surface area (Å²) in [5, 5.41) is 11.0.